The molecule has 1 aromatic rings. The Morgan fingerprint density at radius 2 is 1.82 bits per heavy atom. The quantitative estimate of drug-likeness (QED) is 0.848. The normalized spacial score (nSPS) is 26.2. The molecule has 0 bridgehead atoms. The zero-order valence-electron chi connectivity index (χ0n) is 9.41. The van der Waals surface area contributed by atoms with Gasteiger partial charge in [-0.2, -0.15) is 0 Å². The minimum atomic E-state index is 0.323. The highest BCUT2D eigenvalue weighted by molar-refractivity contribution is 6.33. The number of benzene rings is 1. The lowest BCUT2D eigenvalue weighted by atomic mass is 9.87. The van der Waals surface area contributed by atoms with Crippen LogP contribution in [0.4, 0.5) is 5.69 Å². The van der Waals surface area contributed by atoms with E-state index in [0.717, 1.165) is 30.0 Å². The molecule has 0 atom stereocenters. The Morgan fingerprint density at radius 3 is 2.47 bits per heavy atom. The minimum Gasteiger partial charge on any atom is -0.486 e. The predicted molar refractivity (Wildman–Crippen MR) is 67.1 cm³/mol. The molecule has 0 aromatic heterocycles. The number of anilines is 1. The van der Waals surface area contributed by atoms with Gasteiger partial charge in [-0.15, -0.1) is 0 Å². The maximum atomic E-state index is 6.19. The molecule has 4 nitrogen and oxygen atoms in total. The molecule has 17 heavy (non-hydrogen) atoms. The van der Waals surface area contributed by atoms with E-state index in [1.54, 1.807) is 6.07 Å². The Bertz CT molecular complexity index is 433. The van der Waals surface area contributed by atoms with Crippen LogP contribution >= 0.6 is 11.6 Å². The molecule has 92 valence electrons. The summed E-state index contributed by atoms with van der Waals surface area (Å²) in [6, 6.07) is 4.45. The molecule has 5 heteroatoms. The summed E-state index contributed by atoms with van der Waals surface area (Å²) in [6.07, 6.45) is 1.98. The lowest BCUT2D eigenvalue weighted by Gasteiger charge is -2.34. The maximum absolute atomic E-state index is 6.19. The first-order chi connectivity index (χ1) is 8.22. The van der Waals surface area contributed by atoms with Gasteiger partial charge in [0.25, 0.3) is 0 Å². The van der Waals surface area contributed by atoms with Gasteiger partial charge in [0, 0.05) is 24.2 Å². The Balaban J connectivity index is 1.79. The van der Waals surface area contributed by atoms with Crippen LogP contribution in [-0.4, -0.2) is 25.3 Å². The average Bonchev–Trinajstić information content (AvgIpc) is 2.28. The molecule has 1 fully saturated rings. The van der Waals surface area contributed by atoms with Gasteiger partial charge in [0.15, 0.2) is 11.5 Å². The first kappa shape index (κ1) is 11.0. The lowest BCUT2D eigenvalue weighted by molar-refractivity contribution is 0.171. The first-order valence-corrected chi connectivity index (χ1v) is 6.21. The van der Waals surface area contributed by atoms with Gasteiger partial charge < -0.3 is 20.5 Å². The van der Waals surface area contributed by atoms with Crippen molar-refractivity contribution in [2.24, 2.45) is 5.73 Å². The van der Waals surface area contributed by atoms with Gasteiger partial charge in [0.2, 0.25) is 0 Å². The van der Waals surface area contributed by atoms with E-state index >= 15 is 0 Å². The van der Waals surface area contributed by atoms with Gasteiger partial charge >= 0.3 is 0 Å². The number of nitrogens with one attached hydrogen (secondary N) is 1. The standard InChI is InChI=1S/C12H15ClN2O2/c13-9-5-11-12(17-2-1-16-11)6-10(9)15-8-3-7(14)4-8/h5-8,15H,1-4,14H2. The van der Waals surface area contributed by atoms with Gasteiger partial charge in [-0.25, -0.2) is 0 Å². The minimum absolute atomic E-state index is 0.323. The highest BCUT2D eigenvalue weighted by atomic mass is 35.5. The van der Waals surface area contributed by atoms with Crippen molar-refractivity contribution in [2.45, 2.75) is 24.9 Å². The van der Waals surface area contributed by atoms with E-state index in [4.69, 9.17) is 26.8 Å². The zero-order chi connectivity index (χ0) is 11.8. The van der Waals surface area contributed by atoms with Crippen LogP contribution in [0.3, 0.4) is 0 Å². The Kier molecular flexibility index (Phi) is 2.76. The summed E-state index contributed by atoms with van der Waals surface area (Å²) in [6.45, 7) is 1.16. The number of ether oxygens (including phenoxy) is 2. The molecule has 0 amide bonds. The molecular formula is C12H15ClN2O2. The van der Waals surface area contributed by atoms with Crippen molar-refractivity contribution >= 4 is 17.3 Å². The summed E-state index contributed by atoms with van der Waals surface area (Å²) in [7, 11) is 0. The fraction of sp³-hybridized carbons (Fsp3) is 0.500. The van der Waals surface area contributed by atoms with E-state index in [2.05, 4.69) is 5.32 Å². The maximum Gasteiger partial charge on any atom is 0.163 e. The van der Waals surface area contributed by atoms with Crippen LogP contribution in [0.5, 0.6) is 11.5 Å². The molecule has 2 aliphatic rings. The Morgan fingerprint density at radius 1 is 1.18 bits per heavy atom. The largest absolute Gasteiger partial charge is 0.486 e. The van der Waals surface area contributed by atoms with Gasteiger partial charge in [0.05, 0.1) is 10.7 Å². The van der Waals surface area contributed by atoms with Crippen molar-refractivity contribution in [1.29, 1.82) is 0 Å². The highest BCUT2D eigenvalue weighted by Crippen LogP contribution is 2.39. The van der Waals surface area contributed by atoms with Crippen LogP contribution in [0.15, 0.2) is 12.1 Å². The van der Waals surface area contributed by atoms with E-state index in [1.807, 2.05) is 6.07 Å². The van der Waals surface area contributed by atoms with Gasteiger partial charge in [-0.3, -0.25) is 0 Å². The van der Waals surface area contributed by atoms with Crippen molar-refractivity contribution in [1.82, 2.24) is 0 Å². The van der Waals surface area contributed by atoms with Crippen molar-refractivity contribution < 1.29 is 9.47 Å². The van der Waals surface area contributed by atoms with Crippen LogP contribution in [0.25, 0.3) is 0 Å². The summed E-state index contributed by atoms with van der Waals surface area (Å²) in [4.78, 5) is 0. The summed E-state index contributed by atoms with van der Waals surface area (Å²) in [5, 5.41) is 4.04. The summed E-state index contributed by atoms with van der Waals surface area (Å²) >= 11 is 6.19. The van der Waals surface area contributed by atoms with E-state index < -0.39 is 0 Å². The third-order valence-corrected chi connectivity index (χ3v) is 3.48. The molecular weight excluding hydrogens is 240 g/mol. The van der Waals surface area contributed by atoms with Gasteiger partial charge in [-0.1, -0.05) is 11.6 Å². The van der Waals surface area contributed by atoms with Gasteiger partial charge in [-0.05, 0) is 12.8 Å². The zero-order valence-corrected chi connectivity index (χ0v) is 10.2. The SMILES string of the molecule is NC1CC(Nc2cc3c(cc2Cl)OCCO3)C1. The van der Waals surface area contributed by atoms with Crippen molar-refractivity contribution in [3.05, 3.63) is 17.2 Å². The molecule has 0 unspecified atom stereocenters. The van der Waals surface area contributed by atoms with Gasteiger partial charge in [0.1, 0.15) is 13.2 Å². The highest BCUT2D eigenvalue weighted by Gasteiger charge is 2.26. The van der Waals surface area contributed by atoms with Crippen LogP contribution < -0.4 is 20.5 Å². The summed E-state index contributed by atoms with van der Waals surface area (Å²) in [5.41, 5.74) is 6.65. The van der Waals surface area contributed by atoms with E-state index in [1.165, 1.54) is 0 Å². The number of halogens is 1. The number of rotatable bonds is 2. The topological polar surface area (TPSA) is 56.5 Å². The molecule has 3 N–H and O–H groups in total. The molecule has 0 radical (unpaired) electrons. The number of hydrogen-bond donors (Lipinski definition) is 2. The summed E-state index contributed by atoms with van der Waals surface area (Å²) in [5.74, 6) is 1.48. The smallest absolute Gasteiger partial charge is 0.163 e. The molecule has 3 rings (SSSR count). The van der Waals surface area contributed by atoms with E-state index in [0.29, 0.717) is 30.3 Å². The molecule has 1 aliphatic carbocycles. The van der Waals surface area contributed by atoms with Crippen LogP contribution in [0, 0.1) is 0 Å². The fourth-order valence-corrected chi connectivity index (χ4v) is 2.38. The van der Waals surface area contributed by atoms with Crippen molar-refractivity contribution in [3.8, 4) is 11.5 Å². The first-order valence-electron chi connectivity index (χ1n) is 5.83. The second-order valence-electron chi connectivity index (χ2n) is 4.55. The molecule has 0 spiro atoms. The second-order valence-corrected chi connectivity index (χ2v) is 4.96. The Hall–Kier alpha value is -1.13. The molecule has 1 saturated carbocycles. The average molecular weight is 255 g/mol. The van der Waals surface area contributed by atoms with Crippen molar-refractivity contribution in [3.63, 3.8) is 0 Å². The molecule has 1 aromatic carbocycles. The fourth-order valence-electron chi connectivity index (χ4n) is 2.17. The Labute approximate surface area is 105 Å². The third kappa shape index (κ3) is 2.15. The second kappa shape index (κ2) is 4.27. The van der Waals surface area contributed by atoms with Crippen LogP contribution in [0.2, 0.25) is 5.02 Å². The summed E-state index contributed by atoms with van der Waals surface area (Å²) < 4.78 is 11.0. The molecule has 1 aliphatic heterocycles. The van der Waals surface area contributed by atoms with E-state index in [-0.39, 0.29) is 0 Å². The number of nitrogens with two attached hydrogens (primary N) is 1. The number of fused-ring (bicyclic) bond motifs is 1. The third-order valence-electron chi connectivity index (χ3n) is 3.17. The predicted octanol–water partition coefficient (Wildman–Crippen LogP) is 2.01. The molecule has 1 heterocycles. The van der Waals surface area contributed by atoms with Crippen LogP contribution in [0.1, 0.15) is 12.8 Å². The number of hydrogen-bond acceptors (Lipinski definition) is 4. The van der Waals surface area contributed by atoms with E-state index in [9.17, 15) is 0 Å². The lowest BCUT2D eigenvalue weighted by Crippen LogP contribution is -2.44. The van der Waals surface area contributed by atoms with Crippen LogP contribution in [-0.2, 0) is 0 Å². The monoisotopic (exact) mass is 254 g/mol. The van der Waals surface area contributed by atoms with Crippen molar-refractivity contribution in [2.75, 3.05) is 18.5 Å². The molecule has 0 saturated heterocycles.